The van der Waals surface area contributed by atoms with E-state index in [1.54, 1.807) is 6.07 Å². The molecule has 2 aliphatic rings. The smallest absolute Gasteiger partial charge is 0.207 e. The number of hydrogen-bond acceptors (Lipinski definition) is 2. The highest BCUT2D eigenvalue weighted by molar-refractivity contribution is 5.48. The molecule has 1 aromatic carbocycles. The first kappa shape index (κ1) is 10.9. The molecule has 2 atom stereocenters. The fourth-order valence-corrected chi connectivity index (χ4v) is 2.98. The van der Waals surface area contributed by atoms with E-state index in [-0.39, 0.29) is 11.9 Å². The monoisotopic (exact) mass is 236 g/mol. The molecule has 1 fully saturated rings. The lowest BCUT2D eigenvalue weighted by Gasteiger charge is -2.23. The summed E-state index contributed by atoms with van der Waals surface area (Å²) in [6, 6.07) is 3.71. The average molecular weight is 236 g/mol. The maximum Gasteiger partial charge on any atom is 0.207 e. The zero-order valence-electron chi connectivity index (χ0n) is 10.0. The van der Waals surface area contributed by atoms with Gasteiger partial charge in [0.15, 0.2) is 11.5 Å². The van der Waals surface area contributed by atoms with Crippen molar-refractivity contribution in [1.29, 1.82) is 0 Å². The van der Waals surface area contributed by atoms with Gasteiger partial charge in [0.05, 0.1) is 6.61 Å². The van der Waals surface area contributed by atoms with E-state index >= 15 is 0 Å². The lowest BCUT2D eigenvalue weighted by Crippen LogP contribution is -2.22. The quantitative estimate of drug-likeness (QED) is 0.780. The van der Waals surface area contributed by atoms with Gasteiger partial charge in [0.25, 0.3) is 0 Å². The molecule has 0 spiro atoms. The number of halogens is 1. The van der Waals surface area contributed by atoms with Crippen LogP contribution in [0.1, 0.15) is 44.1 Å². The highest BCUT2D eigenvalue weighted by atomic mass is 19.1. The number of benzene rings is 1. The maximum atomic E-state index is 14.2. The summed E-state index contributed by atoms with van der Waals surface area (Å²) in [4.78, 5) is 0. The number of fused-ring (bicyclic) bond motifs is 3. The van der Waals surface area contributed by atoms with Crippen LogP contribution in [0, 0.1) is 5.82 Å². The van der Waals surface area contributed by atoms with Gasteiger partial charge >= 0.3 is 0 Å². The van der Waals surface area contributed by atoms with Gasteiger partial charge < -0.3 is 9.47 Å². The molecule has 1 aliphatic heterocycles. The van der Waals surface area contributed by atoms with Crippen molar-refractivity contribution in [2.24, 2.45) is 0 Å². The summed E-state index contributed by atoms with van der Waals surface area (Å²) in [6.45, 7) is 2.33. The predicted octanol–water partition coefficient (Wildman–Crippen LogP) is 3.64. The van der Waals surface area contributed by atoms with Crippen LogP contribution >= 0.6 is 0 Å². The number of ether oxygens (including phenoxy) is 2. The van der Waals surface area contributed by atoms with Crippen LogP contribution in [-0.2, 0) is 0 Å². The predicted molar refractivity (Wildman–Crippen MR) is 63.2 cm³/mol. The Balaban J connectivity index is 1.98. The molecule has 1 aromatic rings. The van der Waals surface area contributed by atoms with Crippen molar-refractivity contribution in [3.05, 3.63) is 23.5 Å². The minimum Gasteiger partial charge on any atom is -0.491 e. The van der Waals surface area contributed by atoms with Gasteiger partial charge in [0.2, 0.25) is 5.82 Å². The second kappa shape index (κ2) is 4.21. The summed E-state index contributed by atoms with van der Waals surface area (Å²) < 4.78 is 25.2. The maximum absolute atomic E-state index is 14.2. The SMILES string of the molecule is CCOc1ccc2c(c1F)OC1CCCC[C@@H]21. The first-order valence-corrected chi connectivity index (χ1v) is 6.43. The van der Waals surface area contributed by atoms with Crippen LogP contribution in [0.15, 0.2) is 12.1 Å². The summed E-state index contributed by atoms with van der Waals surface area (Å²) in [7, 11) is 0. The highest BCUT2D eigenvalue weighted by Crippen LogP contribution is 2.48. The van der Waals surface area contributed by atoms with E-state index in [9.17, 15) is 4.39 Å². The third kappa shape index (κ3) is 1.68. The molecular formula is C14H17FO2. The highest BCUT2D eigenvalue weighted by Gasteiger charge is 2.38. The van der Waals surface area contributed by atoms with Gasteiger partial charge in [-0.3, -0.25) is 0 Å². The number of hydrogen-bond donors (Lipinski definition) is 0. The molecule has 0 N–H and O–H groups in total. The van der Waals surface area contributed by atoms with E-state index < -0.39 is 0 Å². The Morgan fingerprint density at radius 2 is 2.18 bits per heavy atom. The molecule has 3 heteroatoms. The van der Waals surface area contributed by atoms with Crippen LogP contribution in [0.3, 0.4) is 0 Å². The van der Waals surface area contributed by atoms with Crippen LogP contribution in [0.2, 0.25) is 0 Å². The van der Waals surface area contributed by atoms with Crippen molar-refractivity contribution in [2.45, 2.75) is 44.6 Å². The Hall–Kier alpha value is -1.25. The molecule has 0 amide bonds. The summed E-state index contributed by atoms with van der Waals surface area (Å²) in [5.41, 5.74) is 1.04. The molecule has 0 bridgehead atoms. The minimum absolute atomic E-state index is 0.185. The van der Waals surface area contributed by atoms with Crippen LogP contribution < -0.4 is 9.47 Å². The Morgan fingerprint density at radius 1 is 1.35 bits per heavy atom. The zero-order chi connectivity index (χ0) is 11.8. The Bertz CT molecular complexity index is 430. The third-order valence-corrected chi connectivity index (χ3v) is 3.76. The Labute approximate surface area is 101 Å². The van der Waals surface area contributed by atoms with Gasteiger partial charge in [0, 0.05) is 11.5 Å². The normalized spacial score (nSPS) is 26.0. The van der Waals surface area contributed by atoms with Gasteiger partial charge in [0.1, 0.15) is 6.10 Å². The van der Waals surface area contributed by atoms with E-state index in [0.29, 0.717) is 24.0 Å². The number of rotatable bonds is 2. The van der Waals surface area contributed by atoms with Crippen molar-refractivity contribution in [3.63, 3.8) is 0 Å². The summed E-state index contributed by atoms with van der Waals surface area (Å²) >= 11 is 0. The lowest BCUT2D eigenvalue weighted by atomic mass is 9.83. The second-order valence-corrected chi connectivity index (χ2v) is 4.78. The van der Waals surface area contributed by atoms with Crippen molar-refractivity contribution >= 4 is 0 Å². The van der Waals surface area contributed by atoms with Crippen molar-refractivity contribution < 1.29 is 13.9 Å². The third-order valence-electron chi connectivity index (χ3n) is 3.76. The van der Waals surface area contributed by atoms with E-state index in [2.05, 4.69) is 0 Å². The molecule has 17 heavy (non-hydrogen) atoms. The molecule has 2 nitrogen and oxygen atoms in total. The summed E-state index contributed by atoms with van der Waals surface area (Å²) in [6.07, 6.45) is 4.76. The summed E-state index contributed by atoms with van der Waals surface area (Å²) in [5.74, 6) is 0.820. The molecule has 0 radical (unpaired) electrons. The van der Waals surface area contributed by atoms with Crippen molar-refractivity contribution in [1.82, 2.24) is 0 Å². The van der Waals surface area contributed by atoms with Crippen LogP contribution in [0.5, 0.6) is 11.5 Å². The van der Waals surface area contributed by atoms with Gasteiger partial charge in [-0.25, -0.2) is 0 Å². The zero-order valence-corrected chi connectivity index (χ0v) is 10.0. The molecule has 0 saturated heterocycles. The standard InChI is InChI=1S/C14H17FO2/c1-2-16-12-8-7-10-9-5-3-4-6-11(9)17-14(10)13(12)15/h7-9,11H,2-6H2,1H3/t9-,11?/m0/s1. The molecule has 1 saturated carbocycles. The van der Waals surface area contributed by atoms with Gasteiger partial charge in [-0.15, -0.1) is 0 Å². The van der Waals surface area contributed by atoms with Gasteiger partial charge in [-0.1, -0.05) is 12.5 Å². The van der Waals surface area contributed by atoms with E-state index in [1.165, 1.54) is 12.8 Å². The molecular weight excluding hydrogens is 219 g/mol. The van der Waals surface area contributed by atoms with Crippen molar-refractivity contribution in [3.8, 4) is 11.5 Å². The fourth-order valence-electron chi connectivity index (χ4n) is 2.98. The van der Waals surface area contributed by atoms with E-state index in [1.807, 2.05) is 13.0 Å². The molecule has 1 unspecified atom stereocenters. The molecule has 1 heterocycles. The molecule has 92 valence electrons. The lowest BCUT2D eigenvalue weighted by molar-refractivity contribution is 0.158. The fraction of sp³-hybridized carbons (Fsp3) is 0.571. The molecule has 1 aliphatic carbocycles. The van der Waals surface area contributed by atoms with Crippen LogP contribution in [0.25, 0.3) is 0 Å². The van der Waals surface area contributed by atoms with Gasteiger partial charge in [-0.05, 0) is 32.3 Å². The largest absolute Gasteiger partial charge is 0.491 e. The average Bonchev–Trinajstić information content (AvgIpc) is 2.73. The Morgan fingerprint density at radius 3 is 3.00 bits per heavy atom. The van der Waals surface area contributed by atoms with Crippen molar-refractivity contribution in [2.75, 3.05) is 6.61 Å². The van der Waals surface area contributed by atoms with Crippen LogP contribution in [-0.4, -0.2) is 12.7 Å². The second-order valence-electron chi connectivity index (χ2n) is 4.78. The van der Waals surface area contributed by atoms with Crippen LogP contribution in [0.4, 0.5) is 4.39 Å². The van der Waals surface area contributed by atoms with E-state index in [4.69, 9.17) is 9.47 Å². The topological polar surface area (TPSA) is 18.5 Å². The van der Waals surface area contributed by atoms with Gasteiger partial charge in [-0.2, -0.15) is 4.39 Å². The molecule has 3 rings (SSSR count). The molecule has 0 aromatic heterocycles. The van der Waals surface area contributed by atoms with E-state index in [0.717, 1.165) is 18.4 Å². The first-order valence-electron chi connectivity index (χ1n) is 6.43. The summed E-state index contributed by atoms with van der Waals surface area (Å²) in [5, 5.41) is 0. The Kier molecular flexibility index (Phi) is 2.69. The minimum atomic E-state index is -0.321. The first-order chi connectivity index (χ1) is 8.31.